The minimum atomic E-state index is -2.86. The van der Waals surface area contributed by atoms with Crippen molar-refractivity contribution in [3.63, 3.8) is 0 Å². The van der Waals surface area contributed by atoms with E-state index < -0.39 is 11.0 Å². The van der Waals surface area contributed by atoms with Crippen LogP contribution in [0, 0.1) is 0 Å². The molecule has 86 valence electrons. The largest absolute Gasteiger partial charge is 0.439 e. The van der Waals surface area contributed by atoms with E-state index in [1.165, 1.54) is 27.8 Å². The van der Waals surface area contributed by atoms with Gasteiger partial charge in [0.1, 0.15) is 0 Å². The zero-order chi connectivity index (χ0) is 12.6. The zero-order valence-corrected chi connectivity index (χ0v) is 11.2. The number of benzene rings is 1. The molecule has 4 nitrogen and oxygen atoms in total. The van der Waals surface area contributed by atoms with E-state index in [4.69, 9.17) is 16.8 Å². The third-order valence-electron chi connectivity index (χ3n) is 1.86. The van der Waals surface area contributed by atoms with Crippen molar-refractivity contribution in [1.29, 1.82) is 0 Å². The topological polar surface area (TPSA) is 63.6 Å². The quantitative estimate of drug-likeness (QED) is 0.389. The Morgan fingerprint density at radius 1 is 1.44 bits per heavy atom. The summed E-state index contributed by atoms with van der Waals surface area (Å²) in [6, 6.07) is 8.00. The third kappa shape index (κ3) is 6.64. The summed E-state index contributed by atoms with van der Waals surface area (Å²) in [4.78, 5) is 0. The standard InChI is InChI=1S/C10H12O.Al.HO3S.H/c1-3-8(2)9-4-6-10(11)7-5-9;;1-4(2)3;/h4-7,11H,2-3H2,1H3;;(H,1,2,3);/q;+2;-1;/p-1. The predicted molar refractivity (Wildman–Crippen MR) is 64.9 cm³/mol. The van der Waals surface area contributed by atoms with Crippen LogP contribution in [0.2, 0.25) is 0 Å². The molecule has 0 bridgehead atoms. The molecule has 0 aromatic heterocycles. The molecular weight excluding hydrogens is 243 g/mol. The maximum absolute atomic E-state index is 8.56. The number of allylic oxidation sites excluding steroid dienone is 1. The van der Waals surface area contributed by atoms with Gasteiger partial charge in [-0.1, -0.05) is 0 Å². The molecule has 0 aliphatic rings. The van der Waals surface area contributed by atoms with Crippen LogP contribution in [-0.2, 0) is 19.4 Å². The molecule has 1 N–H and O–H groups in total. The van der Waals surface area contributed by atoms with Crippen LogP contribution in [0.4, 0.5) is 0 Å². The van der Waals surface area contributed by atoms with Crippen LogP contribution < -0.4 is 3.79 Å². The van der Waals surface area contributed by atoms with Crippen molar-refractivity contribution in [2.75, 3.05) is 0 Å². The van der Waals surface area contributed by atoms with Crippen molar-refractivity contribution in [1.82, 2.24) is 0 Å². The number of hydrogen-bond donors (Lipinski definition) is 1. The molecule has 0 spiro atoms. The molecule has 16 heavy (non-hydrogen) atoms. The van der Waals surface area contributed by atoms with Gasteiger partial charge in [-0.15, -0.1) is 0 Å². The van der Waals surface area contributed by atoms with Gasteiger partial charge in [-0.25, -0.2) is 0 Å². The summed E-state index contributed by atoms with van der Waals surface area (Å²) in [5.41, 5.74) is 2.36. The van der Waals surface area contributed by atoms with E-state index in [1.807, 2.05) is 24.3 Å². The molecule has 1 aromatic rings. The van der Waals surface area contributed by atoms with Crippen LogP contribution in [0.5, 0.6) is 5.75 Å². The molecule has 0 aliphatic carbocycles. The fourth-order valence-electron chi connectivity index (χ4n) is 0.991. The Labute approximate surface area is 105 Å². The summed E-state index contributed by atoms with van der Waals surface area (Å²) in [6.45, 7) is 6.06. The normalized spacial score (nSPS) is 9.12. The molecule has 0 aliphatic heterocycles. The summed E-state index contributed by atoms with van der Waals surface area (Å²) >= 11 is 1.49. The van der Waals surface area contributed by atoms with E-state index >= 15 is 0 Å². The van der Waals surface area contributed by atoms with Crippen LogP contribution in [0.25, 0.3) is 5.57 Å². The zero-order valence-electron chi connectivity index (χ0n) is 9.01. The number of hydrogen-bond acceptors (Lipinski definition) is 4. The summed E-state index contributed by atoms with van der Waals surface area (Å²) in [5.74, 6) is 0.904. The molecule has 0 saturated carbocycles. The summed E-state index contributed by atoms with van der Waals surface area (Å²) in [6.07, 6.45) is 0.994. The van der Waals surface area contributed by atoms with Crippen LogP contribution in [0.1, 0.15) is 18.9 Å². The van der Waals surface area contributed by atoms with E-state index in [0.717, 1.165) is 12.2 Å². The van der Waals surface area contributed by atoms with E-state index in [-0.39, 0.29) is 0 Å². The van der Waals surface area contributed by atoms with Gasteiger partial charge in [0, 0.05) is 11.0 Å². The van der Waals surface area contributed by atoms with Crippen molar-refractivity contribution in [3.8, 4) is 5.75 Å². The molecule has 0 amide bonds. The molecule has 0 unspecified atom stereocenters. The van der Waals surface area contributed by atoms with E-state index in [1.54, 1.807) is 0 Å². The molecule has 1 aromatic carbocycles. The molecule has 0 radical (unpaired) electrons. The van der Waals surface area contributed by atoms with Gasteiger partial charge in [-0.3, -0.25) is 0 Å². The predicted octanol–water partition coefficient (Wildman–Crippen LogP) is 2.07. The van der Waals surface area contributed by atoms with E-state index in [0.29, 0.717) is 0 Å². The first-order valence-corrected chi connectivity index (χ1v) is 6.10. The van der Waals surface area contributed by atoms with Crippen LogP contribution >= 0.6 is 0 Å². The second-order valence-corrected chi connectivity index (χ2v) is 3.57. The molecular formula is C10H13AlO4S. The molecule has 0 atom stereocenters. The Bertz CT molecular complexity index is 390. The monoisotopic (exact) mass is 256 g/mol. The number of rotatable bonds is 3. The van der Waals surface area contributed by atoms with Gasteiger partial charge in [0.25, 0.3) is 0 Å². The minimum Gasteiger partial charge on any atom is -0.439 e. The van der Waals surface area contributed by atoms with Gasteiger partial charge in [0.05, 0.1) is 0 Å². The first-order valence-electron chi connectivity index (χ1n) is 4.49. The molecule has 6 heteroatoms. The van der Waals surface area contributed by atoms with Crippen molar-refractivity contribution >= 4 is 33.2 Å². The van der Waals surface area contributed by atoms with Gasteiger partial charge in [-0.2, -0.15) is 0 Å². The third-order valence-corrected chi connectivity index (χ3v) is 2.19. The van der Waals surface area contributed by atoms with Gasteiger partial charge in [0.15, 0.2) is 0 Å². The van der Waals surface area contributed by atoms with Gasteiger partial charge in [-0.05, 0) is 0 Å². The maximum atomic E-state index is 8.56. The summed E-state index contributed by atoms with van der Waals surface area (Å²) < 4.78 is 29.2. The molecule has 1 rings (SSSR count). The van der Waals surface area contributed by atoms with E-state index in [2.05, 4.69) is 13.5 Å². The molecule has 0 heterocycles. The fraction of sp³-hybridized carbons (Fsp3) is 0.200. The van der Waals surface area contributed by atoms with Crippen LogP contribution in [-0.4, -0.2) is 21.2 Å². The van der Waals surface area contributed by atoms with Crippen molar-refractivity contribution in [2.45, 2.75) is 13.3 Å². The molecule has 0 fully saturated rings. The first kappa shape index (κ1) is 15.2. The maximum Gasteiger partial charge on any atom is 0.0495 e. The first-order chi connectivity index (χ1) is 7.51. The van der Waals surface area contributed by atoms with Crippen molar-refractivity contribution < 1.29 is 16.8 Å². The second-order valence-electron chi connectivity index (χ2n) is 2.84. The van der Waals surface area contributed by atoms with Gasteiger partial charge >= 0.3 is 81.5 Å². The average molecular weight is 256 g/mol. The Hall–Kier alpha value is -0.798. The van der Waals surface area contributed by atoms with Gasteiger partial charge < -0.3 is 13.0 Å². The van der Waals surface area contributed by atoms with Crippen LogP contribution in [0.15, 0.2) is 30.8 Å². The fourth-order valence-corrected chi connectivity index (χ4v) is 1.18. The summed E-state index contributed by atoms with van der Waals surface area (Å²) in [7, 11) is -2.86. The van der Waals surface area contributed by atoms with Crippen LogP contribution in [0.3, 0.4) is 0 Å². The minimum absolute atomic E-state index is 0.904. The Kier molecular flexibility index (Phi) is 7.95. The Morgan fingerprint density at radius 3 is 2.19 bits per heavy atom. The molecule has 0 saturated heterocycles. The van der Waals surface area contributed by atoms with Crippen molar-refractivity contribution in [3.05, 3.63) is 36.4 Å². The smallest absolute Gasteiger partial charge is 0.0495 e. The van der Waals surface area contributed by atoms with Crippen molar-refractivity contribution in [2.24, 2.45) is 0 Å². The SMILES string of the molecule is C=C(CC)c1ccc([O][AlH+])cc1.O=[S-](=O)O. The van der Waals surface area contributed by atoms with Gasteiger partial charge in [0.2, 0.25) is 0 Å². The Morgan fingerprint density at radius 2 is 1.88 bits per heavy atom. The average Bonchev–Trinajstić information content (AvgIpc) is 2.27. The second kappa shape index (κ2) is 8.37. The summed E-state index contributed by atoms with van der Waals surface area (Å²) in [5, 5.41) is 0. The Balaban J connectivity index is 0.000000487. The van der Waals surface area contributed by atoms with E-state index in [9.17, 15) is 0 Å².